The average Bonchev–Trinajstić information content (AvgIpc) is 2.61. The predicted octanol–water partition coefficient (Wildman–Crippen LogP) is 4.30. The second-order valence-corrected chi connectivity index (χ2v) is 6.03. The van der Waals surface area contributed by atoms with Gasteiger partial charge in [-0.25, -0.2) is 4.79 Å². The van der Waals surface area contributed by atoms with E-state index >= 15 is 0 Å². The van der Waals surface area contributed by atoms with Crippen molar-refractivity contribution in [3.8, 4) is 0 Å². The number of benzene rings is 2. The molecule has 0 aliphatic rings. The second-order valence-electron chi connectivity index (χ2n) is 5.18. The van der Waals surface area contributed by atoms with Gasteiger partial charge in [0.25, 0.3) is 0 Å². The lowest BCUT2D eigenvalue weighted by Gasteiger charge is -2.08. The molecule has 0 fully saturated rings. The molecule has 0 heterocycles. The highest BCUT2D eigenvalue weighted by Crippen LogP contribution is 2.18. The van der Waals surface area contributed by atoms with Crippen LogP contribution in [0.15, 0.2) is 59.1 Å². The molecule has 0 aliphatic heterocycles. The van der Waals surface area contributed by atoms with Crippen LogP contribution in [-0.2, 0) is 14.3 Å². The third kappa shape index (κ3) is 6.70. The van der Waals surface area contributed by atoms with Crippen LogP contribution in [0.3, 0.4) is 0 Å². The zero-order valence-electron chi connectivity index (χ0n) is 14.2. The molecule has 2 N–H and O–H groups in total. The fourth-order valence-electron chi connectivity index (χ4n) is 2.01. The first-order valence-electron chi connectivity index (χ1n) is 7.85. The summed E-state index contributed by atoms with van der Waals surface area (Å²) in [4.78, 5) is 23.7. The van der Waals surface area contributed by atoms with Crippen molar-refractivity contribution in [2.24, 2.45) is 0 Å². The number of halogens is 1. The van der Waals surface area contributed by atoms with Crippen molar-refractivity contribution in [2.75, 3.05) is 31.0 Å². The topological polar surface area (TPSA) is 76.7 Å². The van der Waals surface area contributed by atoms with Gasteiger partial charge in [-0.1, -0.05) is 40.2 Å². The fourth-order valence-corrected chi connectivity index (χ4v) is 2.42. The first-order chi connectivity index (χ1) is 12.6. The molecule has 2 amide bonds. The summed E-state index contributed by atoms with van der Waals surface area (Å²) in [7, 11) is 1.53. The van der Waals surface area contributed by atoms with Gasteiger partial charge in [0.05, 0.1) is 6.61 Å². The van der Waals surface area contributed by atoms with Gasteiger partial charge in [0.15, 0.2) is 0 Å². The van der Waals surface area contributed by atoms with E-state index in [1.165, 1.54) is 13.2 Å². The second kappa shape index (κ2) is 10.4. The maximum absolute atomic E-state index is 12.1. The highest BCUT2D eigenvalue weighted by molar-refractivity contribution is 9.10. The summed E-state index contributed by atoms with van der Waals surface area (Å²) < 4.78 is 10.6. The van der Waals surface area contributed by atoms with Gasteiger partial charge in [-0.15, -0.1) is 0 Å². The normalized spacial score (nSPS) is 10.5. The van der Waals surface area contributed by atoms with E-state index in [4.69, 9.17) is 9.47 Å². The summed E-state index contributed by atoms with van der Waals surface area (Å²) in [5, 5.41) is 5.33. The molecule has 136 valence electrons. The zero-order chi connectivity index (χ0) is 18.8. The van der Waals surface area contributed by atoms with E-state index in [-0.39, 0.29) is 12.5 Å². The molecular formula is C19H19BrN2O4. The largest absolute Gasteiger partial charge is 0.447 e. The van der Waals surface area contributed by atoms with Crippen LogP contribution >= 0.6 is 15.9 Å². The molecule has 0 spiro atoms. The molecule has 2 rings (SSSR count). The predicted molar refractivity (Wildman–Crippen MR) is 105 cm³/mol. The highest BCUT2D eigenvalue weighted by Gasteiger charge is 2.05. The Morgan fingerprint density at radius 1 is 1.04 bits per heavy atom. The van der Waals surface area contributed by atoms with Gasteiger partial charge in [-0.3, -0.25) is 10.1 Å². The van der Waals surface area contributed by atoms with Gasteiger partial charge in [0.2, 0.25) is 5.91 Å². The molecule has 6 nitrogen and oxygen atoms in total. The molecular weight excluding hydrogens is 400 g/mol. The van der Waals surface area contributed by atoms with Gasteiger partial charge in [0, 0.05) is 29.0 Å². The standard InChI is InChI=1S/C19H19BrN2O4/c1-25-11-12-26-19(24)22-16-7-4-6-15(13-16)21-18(23)10-9-14-5-2-3-8-17(14)20/h2-10,13H,11-12H2,1H3,(H,21,23)(H,22,24). The van der Waals surface area contributed by atoms with Crippen LogP contribution in [0, 0.1) is 0 Å². The first kappa shape index (κ1) is 19.7. The van der Waals surface area contributed by atoms with Crippen LogP contribution in [0.1, 0.15) is 5.56 Å². The van der Waals surface area contributed by atoms with E-state index in [1.54, 1.807) is 30.3 Å². The summed E-state index contributed by atoms with van der Waals surface area (Å²) in [5.41, 5.74) is 1.97. The Bertz CT molecular complexity index is 793. The van der Waals surface area contributed by atoms with E-state index < -0.39 is 6.09 Å². The van der Waals surface area contributed by atoms with Crippen molar-refractivity contribution in [1.29, 1.82) is 0 Å². The van der Waals surface area contributed by atoms with Crippen LogP contribution in [-0.4, -0.2) is 32.3 Å². The molecule has 0 bridgehead atoms. The van der Waals surface area contributed by atoms with Crippen LogP contribution in [0.5, 0.6) is 0 Å². The van der Waals surface area contributed by atoms with Gasteiger partial charge in [-0.2, -0.15) is 0 Å². The quantitative estimate of drug-likeness (QED) is 0.519. The van der Waals surface area contributed by atoms with E-state index in [9.17, 15) is 9.59 Å². The minimum atomic E-state index is -0.584. The zero-order valence-corrected chi connectivity index (χ0v) is 15.8. The number of ether oxygens (including phenoxy) is 2. The molecule has 2 aromatic rings. The Morgan fingerprint density at radius 3 is 2.50 bits per heavy atom. The number of amides is 2. The smallest absolute Gasteiger partial charge is 0.411 e. The summed E-state index contributed by atoms with van der Waals surface area (Å²) in [5.74, 6) is -0.277. The third-order valence-corrected chi connectivity index (χ3v) is 3.94. The van der Waals surface area contributed by atoms with Gasteiger partial charge >= 0.3 is 6.09 Å². The number of hydrogen-bond acceptors (Lipinski definition) is 4. The van der Waals surface area contributed by atoms with Crippen molar-refractivity contribution < 1.29 is 19.1 Å². The maximum Gasteiger partial charge on any atom is 0.411 e. The van der Waals surface area contributed by atoms with Crippen molar-refractivity contribution in [3.63, 3.8) is 0 Å². The monoisotopic (exact) mass is 418 g/mol. The molecule has 0 aromatic heterocycles. The molecule has 0 saturated carbocycles. The van der Waals surface area contributed by atoms with Crippen LogP contribution in [0.2, 0.25) is 0 Å². The van der Waals surface area contributed by atoms with Gasteiger partial charge in [0.1, 0.15) is 6.61 Å². The summed E-state index contributed by atoms with van der Waals surface area (Å²) in [6.07, 6.45) is 2.58. The number of carbonyl (C=O) groups is 2. The van der Waals surface area contributed by atoms with E-state index in [0.717, 1.165) is 10.0 Å². The maximum atomic E-state index is 12.1. The SMILES string of the molecule is COCCOC(=O)Nc1cccc(NC(=O)C=Cc2ccccc2Br)c1. The Balaban J connectivity index is 1.92. The Labute approximate surface area is 160 Å². The molecule has 26 heavy (non-hydrogen) atoms. The molecule has 0 unspecified atom stereocenters. The highest BCUT2D eigenvalue weighted by atomic mass is 79.9. The van der Waals surface area contributed by atoms with Crippen molar-refractivity contribution >= 4 is 45.4 Å². The summed E-state index contributed by atoms with van der Waals surface area (Å²) in [6.45, 7) is 0.492. The first-order valence-corrected chi connectivity index (χ1v) is 8.64. The lowest BCUT2D eigenvalue weighted by molar-refractivity contribution is -0.111. The lowest BCUT2D eigenvalue weighted by Crippen LogP contribution is -2.16. The van der Waals surface area contributed by atoms with Crippen LogP contribution in [0.4, 0.5) is 16.2 Å². The molecule has 2 aromatic carbocycles. The molecule has 0 radical (unpaired) electrons. The number of hydrogen-bond donors (Lipinski definition) is 2. The fraction of sp³-hybridized carbons (Fsp3) is 0.158. The molecule has 0 saturated heterocycles. The minimum Gasteiger partial charge on any atom is -0.447 e. The minimum absolute atomic E-state index is 0.165. The summed E-state index contributed by atoms with van der Waals surface area (Å²) in [6, 6.07) is 14.4. The number of anilines is 2. The number of nitrogens with one attached hydrogen (secondary N) is 2. The van der Waals surface area contributed by atoms with E-state index in [0.29, 0.717) is 18.0 Å². The Kier molecular flexibility index (Phi) is 7.85. The number of rotatable bonds is 7. The average molecular weight is 419 g/mol. The van der Waals surface area contributed by atoms with E-state index in [2.05, 4.69) is 26.6 Å². The van der Waals surface area contributed by atoms with Crippen molar-refractivity contribution in [2.45, 2.75) is 0 Å². The van der Waals surface area contributed by atoms with Crippen LogP contribution < -0.4 is 10.6 Å². The molecule has 0 atom stereocenters. The third-order valence-electron chi connectivity index (χ3n) is 3.22. The summed E-state index contributed by atoms with van der Waals surface area (Å²) >= 11 is 3.43. The Morgan fingerprint density at radius 2 is 1.77 bits per heavy atom. The van der Waals surface area contributed by atoms with Gasteiger partial charge < -0.3 is 14.8 Å². The van der Waals surface area contributed by atoms with Crippen molar-refractivity contribution in [1.82, 2.24) is 0 Å². The number of carbonyl (C=O) groups excluding carboxylic acids is 2. The number of methoxy groups -OCH3 is 1. The van der Waals surface area contributed by atoms with Gasteiger partial charge in [-0.05, 0) is 35.9 Å². The molecule has 7 heteroatoms. The molecule has 0 aliphatic carbocycles. The lowest BCUT2D eigenvalue weighted by atomic mass is 10.2. The van der Waals surface area contributed by atoms with Crippen molar-refractivity contribution in [3.05, 3.63) is 64.6 Å². The van der Waals surface area contributed by atoms with Crippen LogP contribution in [0.25, 0.3) is 6.08 Å². The van der Waals surface area contributed by atoms with E-state index in [1.807, 2.05) is 24.3 Å². The Hall–Kier alpha value is -2.64.